The van der Waals surface area contributed by atoms with E-state index in [1.165, 1.54) is 0 Å². The van der Waals surface area contributed by atoms with Gasteiger partial charge in [-0.2, -0.15) is 0 Å². The lowest BCUT2D eigenvalue weighted by Gasteiger charge is -1.89. The number of carboxylic acid groups (broad SMARTS) is 1. The van der Waals surface area contributed by atoms with Gasteiger partial charge >= 0.3 is 6.16 Å². The van der Waals surface area contributed by atoms with E-state index < -0.39 is 12.2 Å². The van der Waals surface area contributed by atoms with Crippen molar-refractivity contribution in [2.75, 3.05) is 0 Å². The summed E-state index contributed by atoms with van der Waals surface area (Å²) in [5.74, 6) is 0. The van der Waals surface area contributed by atoms with Gasteiger partial charge in [0.2, 0.25) is 0 Å². The van der Waals surface area contributed by atoms with Crippen molar-refractivity contribution >= 4 is 12.2 Å². The summed E-state index contributed by atoms with van der Waals surface area (Å²) < 4.78 is 3.53. The molecule has 0 saturated heterocycles. The molecule has 0 atom stereocenters. The molecule has 0 aliphatic heterocycles. The van der Waals surface area contributed by atoms with Gasteiger partial charge in [-0.1, -0.05) is 0 Å². The molecule has 0 bridgehead atoms. The molecule has 4 N–H and O–H groups in total. The number of hydrogen-bond donors (Lipinski definition) is 3. The zero-order valence-corrected chi connectivity index (χ0v) is 3.34. The van der Waals surface area contributed by atoms with Crippen molar-refractivity contribution in [1.82, 2.24) is 0 Å². The molecular formula is C2H4N2O3. The molecule has 0 aromatic carbocycles. The third-order valence-corrected chi connectivity index (χ3v) is 0.197. The Bertz CT molecular complexity index is 87.1. The monoisotopic (exact) mass is 104 g/mol. The molecule has 0 spiro atoms. The molecule has 5 heteroatoms. The second-order valence-electron chi connectivity index (χ2n) is 0.732. The second-order valence-corrected chi connectivity index (χ2v) is 0.732. The van der Waals surface area contributed by atoms with E-state index in [0.29, 0.717) is 0 Å². The Morgan fingerprint density at radius 3 is 2.29 bits per heavy atom. The lowest BCUT2D eigenvalue weighted by atomic mass is 11.2. The van der Waals surface area contributed by atoms with E-state index in [2.05, 4.69) is 10.5 Å². The average Bonchev–Trinajstić information content (AvgIpc) is 1.27. The normalized spacial score (nSPS) is 7.43. The van der Waals surface area contributed by atoms with Gasteiger partial charge in [0.05, 0.1) is 0 Å². The van der Waals surface area contributed by atoms with Crippen LogP contribution in [0.2, 0.25) is 0 Å². The Morgan fingerprint density at radius 1 is 1.86 bits per heavy atom. The fourth-order valence-electron chi connectivity index (χ4n) is 0.0941. The summed E-state index contributed by atoms with van der Waals surface area (Å²) in [7, 11) is 0. The molecule has 0 rings (SSSR count). The maximum atomic E-state index is 9.37. The van der Waals surface area contributed by atoms with E-state index in [-0.39, 0.29) is 0 Å². The largest absolute Gasteiger partial charge is 0.513 e. The number of rotatable bonds is 0. The second kappa shape index (κ2) is 2.01. The van der Waals surface area contributed by atoms with Gasteiger partial charge in [0.1, 0.15) is 0 Å². The SMILES string of the molecule is N=C(N)OC(=O)O. The molecule has 0 aromatic heterocycles. The van der Waals surface area contributed by atoms with Gasteiger partial charge in [-0.05, 0) is 0 Å². The number of nitrogens with two attached hydrogens (primary N) is 1. The van der Waals surface area contributed by atoms with E-state index >= 15 is 0 Å². The minimum atomic E-state index is -1.56. The molecule has 0 radical (unpaired) electrons. The first kappa shape index (κ1) is 5.74. The molecule has 40 valence electrons. The lowest BCUT2D eigenvalue weighted by Crippen LogP contribution is -2.17. The van der Waals surface area contributed by atoms with E-state index in [0.717, 1.165) is 0 Å². The van der Waals surface area contributed by atoms with Crippen molar-refractivity contribution in [3.63, 3.8) is 0 Å². The van der Waals surface area contributed by atoms with Crippen LogP contribution in [0.1, 0.15) is 0 Å². The smallest absolute Gasteiger partial charge is 0.449 e. The highest BCUT2D eigenvalue weighted by Crippen LogP contribution is 1.68. The Balaban J connectivity index is 3.32. The fraction of sp³-hybridized carbons (Fsp3) is 0. The molecule has 0 heterocycles. The highest BCUT2D eigenvalue weighted by atomic mass is 16.7. The number of carbonyl (C=O) groups is 1. The molecule has 7 heavy (non-hydrogen) atoms. The van der Waals surface area contributed by atoms with E-state index in [1.807, 2.05) is 0 Å². The highest BCUT2D eigenvalue weighted by Gasteiger charge is 1.94. The summed E-state index contributed by atoms with van der Waals surface area (Å²) in [6.07, 6.45) is -1.56. The highest BCUT2D eigenvalue weighted by molar-refractivity contribution is 5.79. The lowest BCUT2D eigenvalue weighted by molar-refractivity contribution is 0.139. The Kier molecular flexibility index (Phi) is 1.65. The van der Waals surface area contributed by atoms with Gasteiger partial charge in [-0.3, -0.25) is 5.41 Å². The molecule has 0 fully saturated rings. The van der Waals surface area contributed by atoms with Crippen LogP contribution < -0.4 is 5.73 Å². The first-order valence-corrected chi connectivity index (χ1v) is 1.37. The quantitative estimate of drug-likeness (QED) is 0.221. The van der Waals surface area contributed by atoms with Crippen molar-refractivity contribution in [2.24, 2.45) is 5.73 Å². The van der Waals surface area contributed by atoms with Crippen LogP contribution in [0.25, 0.3) is 0 Å². The maximum Gasteiger partial charge on any atom is 0.513 e. The number of nitrogens with one attached hydrogen (secondary N) is 1. The predicted octanol–water partition coefficient (Wildman–Crippen LogP) is -0.426. The Morgan fingerprint density at radius 2 is 2.29 bits per heavy atom. The maximum absolute atomic E-state index is 9.37. The topological polar surface area (TPSA) is 96.4 Å². The number of hydrogen-bond acceptors (Lipinski definition) is 3. The first-order chi connectivity index (χ1) is 3.13. The standard InChI is InChI=1S/C2H4N2O3/c3-1(4)7-2(5)6/h(H3,3,4)(H,5,6). The van der Waals surface area contributed by atoms with Crippen molar-refractivity contribution < 1.29 is 14.6 Å². The summed E-state index contributed by atoms with van der Waals surface area (Å²) in [5, 5.41) is 13.8. The molecular weight excluding hydrogens is 100 g/mol. The first-order valence-electron chi connectivity index (χ1n) is 1.37. The molecule has 0 aliphatic carbocycles. The van der Waals surface area contributed by atoms with Crippen LogP contribution in [-0.2, 0) is 4.74 Å². The Hall–Kier alpha value is -1.26. The summed E-state index contributed by atoms with van der Waals surface area (Å²) >= 11 is 0. The molecule has 0 saturated carbocycles. The summed E-state index contributed by atoms with van der Waals surface area (Å²) in [4.78, 5) is 9.37. The van der Waals surface area contributed by atoms with Gasteiger partial charge in [0.25, 0.3) is 6.02 Å². The summed E-state index contributed by atoms with van der Waals surface area (Å²) in [6, 6.07) is -0.812. The Labute approximate surface area is 39.2 Å². The van der Waals surface area contributed by atoms with Gasteiger partial charge in [-0.25, -0.2) is 4.79 Å². The van der Waals surface area contributed by atoms with E-state index in [4.69, 9.17) is 10.5 Å². The van der Waals surface area contributed by atoms with Crippen molar-refractivity contribution in [3.05, 3.63) is 0 Å². The molecule has 0 unspecified atom stereocenters. The van der Waals surface area contributed by atoms with Crippen molar-refractivity contribution in [1.29, 1.82) is 5.41 Å². The molecule has 5 nitrogen and oxygen atoms in total. The van der Waals surface area contributed by atoms with Crippen LogP contribution in [0.15, 0.2) is 0 Å². The third-order valence-electron chi connectivity index (χ3n) is 0.197. The third kappa shape index (κ3) is 4.74. The fourth-order valence-corrected chi connectivity index (χ4v) is 0.0941. The minimum Gasteiger partial charge on any atom is -0.449 e. The van der Waals surface area contributed by atoms with Crippen LogP contribution in [0.3, 0.4) is 0 Å². The summed E-state index contributed by atoms with van der Waals surface area (Å²) in [6.45, 7) is 0. The van der Waals surface area contributed by atoms with Crippen LogP contribution >= 0.6 is 0 Å². The van der Waals surface area contributed by atoms with Gasteiger partial charge in [-0.15, -0.1) is 0 Å². The predicted molar refractivity (Wildman–Crippen MR) is 21.0 cm³/mol. The number of ether oxygens (including phenoxy) is 1. The molecule has 0 aromatic rings. The van der Waals surface area contributed by atoms with E-state index in [1.54, 1.807) is 0 Å². The van der Waals surface area contributed by atoms with Gasteiger partial charge in [0.15, 0.2) is 0 Å². The number of amidine groups is 1. The molecule has 0 aliphatic rings. The molecule has 0 amide bonds. The van der Waals surface area contributed by atoms with Crippen molar-refractivity contribution in [2.45, 2.75) is 0 Å². The van der Waals surface area contributed by atoms with Crippen LogP contribution in [0, 0.1) is 5.41 Å². The summed E-state index contributed by atoms with van der Waals surface area (Å²) in [5.41, 5.74) is 4.47. The average molecular weight is 104 g/mol. The minimum absolute atomic E-state index is 0.812. The van der Waals surface area contributed by atoms with Crippen LogP contribution in [0.4, 0.5) is 4.79 Å². The van der Waals surface area contributed by atoms with Crippen LogP contribution in [0.5, 0.6) is 0 Å². The van der Waals surface area contributed by atoms with Crippen molar-refractivity contribution in [3.8, 4) is 0 Å². The zero-order chi connectivity index (χ0) is 5.86. The van der Waals surface area contributed by atoms with Gasteiger partial charge < -0.3 is 15.6 Å². The zero-order valence-electron chi connectivity index (χ0n) is 3.34. The van der Waals surface area contributed by atoms with Gasteiger partial charge in [0, 0.05) is 0 Å². The van der Waals surface area contributed by atoms with Crippen LogP contribution in [-0.4, -0.2) is 17.3 Å². The van der Waals surface area contributed by atoms with E-state index in [9.17, 15) is 4.79 Å².